The van der Waals surface area contributed by atoms with E-state index in [4.69, 9.17) is 9.16 Å². The van der Waals surface area contributed by atoms with Crippen molar-refractivity contribution in [1.82, 2.24) is 4.90 Å². The molecule has 0 aromatic heterocycles. The standard InChI is InChI=1S/C25H36BrNO4Si/c1-6-32(7-2,8-3)31-23(14-15-26)19(4)16-20(5)24(28)27-22(18-30-25(27)29)17-21-12-10-9-11-13-21/h9-16,19,22-23H,6-8,17-18H2,1-5H3/b15-14-,20-16+/t19-,22-,23+/m1/s1. The third-order valence-electron chi connectivity index (χ3n) is 6.44. The monoisotopic (exact) mass is 521 g/mol. The van der Waals surface area contributed by atoms with Crippen LogP contribution in [0.3, 0.4) is 0 Å². The molecule has 7 heteroatoms. The molecular formula is C25H36BrNO4Si. The predicted octanol–water partition coefficient (Wildman–Crippen LogP) is 6.46. The molecule has 0 unspecified atom stereocenters. The lowest BCUT2D eigenvalue weighted by Gasteiger charge is -2.34. The van der Waals surface area contributed by atoms with Gasteiger partial charge in [-0.25, -0.2) is 9.69 Å². The molecule has 0 spiro atoms. The van der Waals surface area contributed by atoms with Crippen LogP contribution in [-0.4, -0.2) is 44.0 Å². The maximum absolute atomic E-state index is 13.2. The van der Waals surface area contributed by atoms with Crippen LogP contribution in [0.4, 0.5) is 4.79 Å². The molecule has 1 aromatic rings. The molecule has 1 saturated heterocycles. The molecule has 0 saturated carbocycles. The highest BCUT2D eigenvalue weighted by Crippen LogP contribution is 2.28. The van der Waals surface area contributed by atoms with Gasteiger partial charge in [0, 0.05) is 11.5 Å². The zero-order valence-electron chi connectivity index (χ0n) is 19.8. The van der Waals surface area contributed by atoms with E-state index in [1.807, 2.05) is 47.5 Å². The smallest absolute Gasteiger partial charge is 0.417 e. The minimum absolute atomic E-state index is 0.0181. The van der Waals surface area contributed by atoms with Crippen LogP contribution < -0.4 is 0 Å². The minimum Gasteiger partial charge on any atom is -0.447 e. The first-order valence-corrected chi connectivity index (χ1v) is 14.9. The maximum atomic E-state index is 13.2. The van der Waals surface area contributed by atoms with Gasteiger partial charge in [0.25, 0.3) is 5.91 Å². The van der Waals surface area contributed by atoms with E-state index < -0.39 is 14.4 Å². The summed E-state index contributed by atoms with van der Waals surface area (Å²) in [5.74, 6) is -0.317. The van der Waals surface area contributed by atoms with Gasteiger partial charge in [-0.3, -0.25) is 4.79 Å². The SMILES string of the molecule is CC[Si](CC)(CC)O[C@@H](/C=C\Br)[C@H](C)/C=C(\C)C(=O)N1C(=O)OC[C@H]1Cc1ccccc1. The number of carbonyl (C=O) groups is 2. The van der Waals surface area contributed by atoms with Crippen molar-refractivity contribution in [2.75, 3.05) is 6.61 Å². The summed E-state index contributed by atoms with van der Waals surface area (Å²) in [6.07, 6.45) is 3.81. The fraction of sp³-hybridized carbons (Fsp3) is 0.520. The Kier molecular flexibility index (Phi) is 10.4. The molecule has 3 atom stereocenters. The highest BCUT2D eigenvalue weighted by molar-refractivity contribution is 9.11. The van der Waals surface area contributed by atoms with E-state index in [1.165, 1.54) is 4.90 Å². The molecule has 0 bridgehead atoms. The lowest BCUT2D eigenvalue weighted by molar-refractivity contribution is -0.125. The Bertz CT molecular complexity index is 814. The van der Waals surface area contributed by atoms with E-state index in [9.17, 15) is 9.59 Å². The van der Waals surface area contributed by atoms with Gasteiger partial charge in [0.15, 0.2) is 8.32 Å². The number of rotatable bonds is 11. The van der Waals surface area contributed by atoms with Crippen molar-refractivity contribution in [3.05, 3.63) is 58.6 Å². The normalized spacial score (nSPS) is 19.3. The number of ether oxygens (including phenoxy) is 1. The first-order chi connectivity index (χ1) is 15.3. The van der Waals surface area contributed by atoms with Gasteiger partial charge in [-0.1, -0.05) is 80.0 Å². The zero-order valence-corrected chi connectivity index (χ0v) is 22.4. The average Bonchev–Trinajstić information content (AvgIpc) is 3.16. The van der Waals surface area contributed by atoms with Crippen LogP contribution in [-0.2, 0) is 20.4 Å². The predicted molar refractivity (Wildman–Crippen MR) is 135 cm³/mol. The lowest BCUT2D eigenvalue weighted by Crippen LogP contribution is -2.42. The van der Waals surface area contributed by atoms with Crippen molar-refractivity contribution in [1.29, 1.82) is 0 Å². The molecule has 32 heavy (non-hydrogen) atoms. The van der Waals surface area contributed by atoms with Crippen LogP contribution in [0.15, 0.2) is 53.0 Å². The summed E-state index contributed by atoms with van der Waals surface area (Å²) in [5, 5.41) is 0. The molecule has 2 amide bonds. The summed E-state index contributed by atoms with van der Waals surface area (Å²) in [7, 11) is -1.82. The Morgan fingerprint density at radius 1 is 1.25 bits per heavy atom. The highest BCUT2D eigenvalue weighted by atomic mass is 79.9. The molecule has 2 rings (SSSR count). The van der Waals surface area contributed by atoms with Crippen molar-refractivity contribution in [3.8, 4) is 0 Å². The van der Waals surface area contributed by atoms with Gasteiger partial charge < -0.3 is 9.16 Å². The fourth-order valence-corrected chi connectivity index (χ4v) is 7.35. The van der Waals surface area contributed by atoms with Crippen molar-refractivity contribution in [2.45, 2.75) is 71.3 Å². The first-order valence-electron chi connectivity index (χ1n) is 11.5. The Morgan fingerprint density at radius 3 is 2.44 bits per heavy atom. The number of benzene rings is 1. The van der Waals surface area contributed by atoms with E-state index in [-0.39, 0.29) is 30.6 Å². The highest BCUT2D eigenvalue weighted by Gasteiger charge is 2.39. The summed E-state index contributed by atoms with van der Waals surface area (Å²) in [5.41, 5.74) is 1.60. The van der Waals surface area contributed by atoms with Gasteiger partial charge in [-0.05, 0) is 48.1 Å². The van der Waals surface area contributed by atoms with E-state index >= 15 is 0 Å². The van der Waals surface area contributed by atoms with Crippen LogP contribution in [0, 0.1) is 5.92 Å². The number of halogens is 1. The van der Waals surface area contributed by atoms with Gasteiger partial charge in [0.1, 0.15) is 6.61 Å². The summed E-state index contributed by atoms with van der Waals surface area (Å²) in [6, 6.07) is 12.7. The molecule has 0 aliphatic carbocycles. The van der Waals surface area contributed by atoms with Gasteiger partial charge in [0.05, 0.1) is 12.1 Å². The Balaban J connectivity index is 2.18. The summed E-state index contributed by atoms with van der Waals surface area (Å²) < 4.78 is 11.9. The number of imide groups is 1. The molecule has 1 aromatic carbocycles. The number of carbonyl (C=O) groups excluding carboxylic acids is 2. The van der Waals surface area contributed by atoms with Gasteiger partial charge in [0.2, 0.25) is 0 Å². The zero-order chi connectivity index (χ0) is 23.7. The molecule has 0 N–H and O–H groups in total. The molecule has 1 heterocycles. The van der Waals surface area contributed by atoms with Gasteiger partial charge in [-0.2, -0.15) is 0 Å². The molecule has 1 aliphatic heterocycles. The van der Waals surface area contributed by atoms with Crippen molar-refractivity contribution < 1.29 is 18.8 Å². The van der Waals surface area contributed by atoms with Crippen LogP contribution >= 0.6 is 15.9 Å². The fourth-order valence-electron chi connectivity index (χ4n) is 4.18. The average molecular weight is 523 g/mol. The Labute approximate surface area is 202 Å². The number of hydrogen-bond donors (Lipinski definition) is 0. The molecule has 1 fully saturated rings. The summed E-state index contributed by atoms with van der Waals surface area (Å²) in [6.45, 7) is 10.7. The minimum atomic E-state index is -1.82. The van der Waals surface area contributed by atoms with Gasteiger partial charge in [-0.15, -0.1) is 0 Å². The molecule has 0 radical (unpaired) electrons. The quantitative estimate of drug-likeness (QED) is 0.247. The second-order valence-corrected chi connectivity index (χ2v) is 13.7. The lowest BCUT2D eigenvalue weighted by atomic mass is 10.0. The molecule has 176 valence electrons. The first kappa shape index (κ1) is 26.5. The van der Waals surface area contributed by atoms with Crippen LogP contribution in [0.25, 0.3) is 0 Å². The van der Waals surface area contributed by atoms with E-state index in [2.05, 4.69) is 43.6 Å². The number of nitrogens with zero attached hydrogens (tertiary/aromatic N) is 1. The Hall–Kier alpha value is -1.70. The molecular weight excluding hydrogens is 486 g/mol. The summed E-state index contributed by atoms with van der Waals surface area (Å²) >= 11 is 3.39. The number of cyclic esters (lactones) is 1. The third-order valence-corrected chi connectivity index (χ3v) is 11.4. The van der Waals surface area contributed by atoms with Crippen molar-refractivity contribution >= 4 is 36.2 Å². The van der Waals surface area contributed by atoms with Crippen LogP contribution in [0.2, 0.25) is 18.1 Å². The Morgan fingerprint density at radius 2 is 1.88 bits per heavy atom. The van der Waals surface area contributed by atoms with Crippen LogP contribution in [0.1, 0.15) is 40.2 Å². The van der Waals surface area contributed by atoms with Crippen LogP contribution in [0.5, 0.6) is 0 Å². The maximum Gasteiger partial charge on any atom is 0.417 e. The van der Waals surface area contributed by atoms with E-state index in [0.29, 0.717) is 12.0 Å². The third kappa shape index (κ3) is 6.65. The molecule has 5 nitrogen and oxygen atoms in total. The second-order valence-electron chi connectivity index (χ2n) is 8.45. The number of hydrogen-bond acceptors (Lipinski definition) is 4. The second kappa shape index (κ2) is 12.5. The van der Waals surface area contributed by atoms with Gasteiger partial charge >= 0.3 is 6.09 Å². The topological polar surface area (TPSA) is 55.8 Å². The van der Waals surface area contributed by atoms with Crippen molar-refractivity contribution in [2.24, 2.45) is 5.92 Å². The van der Waals surface area contributed by atoms with Crippen molar-refractivity contribution in [3.63, 3.8) is 0 Å². The largest absolute Gasteiger partial charge is 0.447 e. The summed E-state index contributed by atoms with van der Waals surface area (Å²) in [4.78, 5) is 28.7. The van der Waals surface area contributed by atoms with E-state index in [0.717, 1.165) is 23.7 Å². The van der Waals surface area contributed by atoms with E-state index in [1.54, 1.807) is 6.92 Å². The molecule has 1 aliphatic rings. The number of amides is 2.